The second-order valence-corrected chi connectivity index (χ2v) is 6.36. The minimum Gasteiger partial charge on any atom is -0.343 e. The summed E-state index contributed by atoms with van der Waals surface area (Å²) in [5, 5.41) is 0. The molecule has 0 unspecified atom stereocenters. The highest BCUT2D eigenvalue weighted by Gasteiger charge is 2.30. The first-order chi connectivity index (χ1) is 8.83. The van der Waals surface area contributed by atoms with E-state index in [9.17, 15) is 4.79 Å². The molecular formula is C15H26N2O. The molecule has 1 saturated carbocycles. The summed E-state index contributed by atoms with van der Waals surface area (Å²) in [5.41, 5.74) is 0. The maximum absolute atomic E-state index is 12.0. The smallest absolute Gasteiger partial charge is 0.222 e. The Balaban J connectivity index is 1.43. The summed E-state index contributed by atoms with van der Waals surface area (Å²) in [7, 11) is 0. The molecule has 0 aromatic heterocycles. The Hall–Kier alpha value is -0.570. The number of hydrogen-bond acceptors (Lipinski definition) is 2. The van der Waals surface area contributed by atoms with Gasteiger partial charge in [-0.2, -0.15) is 0 Å². The highest BCUT2D eigenvalue weighted by molar-refractivity contribution is 5.76. The molecule has 0 bridgehead atoms. The predicted octanol–water partition coefficient (Wildman–Crippen LogP) is 2.26. The van der Waals surface area contributed by atoms with Crippen LogP contribution < -0.4 is 0 Å². The van der Waals surface area contributed by atoms with Crippen molar-refractivity contribution in [1.29, 1.82) is 0 Å². The van der Waals surface area contributed by atoms with E-state index in [1.807, 2.05) is 0 Å². The van der Waals surface area contributed by atoms with Crippen LogP contribution in [-0.4, -0.2) is 47.9 Å². The normalized spacial score (nSPS) is 27.4. The summed E-state index contributed by atoms with van der Waals surface area (Å²) >= 11 is 0. The number of amides is 1. The van der Waals surface area contributed by atoms with Crippen LogP contribution >= 0.6 is 0 Å². The first-order valence-electron chi connectivity index (χ1n) is 7.85. The van der Waals surface area contributed by atoms with E-state index >= 15 is 0 Å². The van der Waals surface area contributed by atoms with Gasteiger partial charge in [0.05, 0.1) is 0 Å². The van der Waals surface area contributed by atoms with Gasteiger partial charge < -0.3 is 9.80 Å². The number of likely N-dealkylation sites (tertiary alicyclic amines) is 2. The van der Waals surface area contributed by atoms with Crippen LogP contribution in [0.15, 0.2) is 0 Å². The van der Waals surface area contributed by atoms with Crippen molar-refractivity contribution >= 4 is 5.91 Å². The molecule has 0 aromatic rings. The van der Waals surface area contributed by atoms with E-state index in [1.165, 1.54) is 58.0 Å². The summed E-state index contributed by atoms with van der Waals surface area (Å²) in [6.45, 7) is 4.60. The largest absolute Gasteiger partial charge is 0.343 e. The summed E-state index contributed by atoms with van der Waals surface area (Å²) in [6.07, 6.45) is 9.98. The van der Waals surface area contributed by atoms with Crippen molar-refractivity contribution in [3.8, 4) is 0 Å². The van der Waals surface area contributed by atoms with Crippen LogP contribution in [-0.2, 0) is 4.79 Å². The summed E-state index contributed by atoms with van der Waals surface area (Å²) in [6, 6.07) is 0.760. The van der Waals surface area contributed by atoms with E-state index in [2.05, 4.69) is 9.80 Å². The van der Waals surface area contributed by atoms with Gasteiger partial charge in [-0.1, -0.05) is 6.42 Å². The van der Waals surface area contributed by atoms with Crippen LogP contribution in [0.5, 0.6) is 0 Å². The molecule has 3 fully saturated rings. The molecule has 1 aliphatic carbocycles. The third kappa shape index (κ3) is 3.05. The number of rotatable bonds is 3. The molecule has 1 amide bonds. The van der Waals surface area contributed by atoms with Crippen LogP contribution in [0.3, 0.4) is 0 Å². The lowest BCUT2D eigenvalue weighted by Gasteiger charge is -2.40. The van der Waals surface area contributed by atoms with Gasteiger partial charge in [0.25, 0.3) is 0 Å². The quantitative estimate of drug-likeness (QED) is 0.767. The lowest BCUT2D eigenvalue weighted by atomic mass is 9.99. The average Bonchev–Trinajstić information content (AvgIpc) is 3.24. The molecule has 2 heterocycles. The van der Waals surface area contributed by atoms with Crippen LogP contribution in [0.1, 0.15) is 51.4 Å². The van der Waals surface area contributed by atoms with Crippen molar-refractivity contribution in [3.05, 3.63) is 0 Å². The molecule has 2 aliphatic heterocycles. The minimum atomic E-state index is 0.426. The van der Waals surface area contributed by atoms with Gasteiger partial charge in [0, 0.05) is 25.6 Å². The van der Waals surface area contributed by atoms with Crippen molar-refractivity contribution < 1.29 is 4.79 Å². The van der Waals surface area contributed by atoms with E-state index in [-0.39, 0.29) is 0 Å². The van der Waals surface area contributed by atoms with Gasteiger partial charge in [-0.25, -0.2) is 0 Å². The van der Waals surface area contributed by atoms with Gasteiger partial charge in [-0.3, -0.25) is 4.79 Å². The summed E-state index contributed by atoms with van der Waals surface area (Å²) in [5.74, 6) is 1.16. The average molecular weight is 250 g/mol. The van der Waals surface area contributed by atoms with Gasteiger partial charge in [0.2, 0.25) is 5.91 Å². The van der Waals surface area contributed by atoms with E-state index in [0.29, 0.717) is 5.91 Å². The Bertz CT molecular complexity index is 287. The lowest BCUT2D eigenvalue weighted by molar-refractivity contribution is -0.133. The van der Waals surface area contributed by atoms with Gasteiger partial charge in [0.15, 0.2) is 0 Å². The fourth-order valence-electron chi connectivity index (χ4n) is 3.46. The van der Waals surface area contributed by atoms with Crippen LogP contribution in [0.25, 0.3) is 0 Å². The maximum Gasteiger partial charge on any atom is 0.222 e. The van der Waals surface area contributed by atoms with Crippen LogP contribution in [0.4, 0.5) is 0 Å². The Morgan fingerprint density at radius 2 is 1.56 bits per heavy atom. The first-order valence-corrected chi connectivity index (χ1v) is 7.85. The lowest BCUT2D eigenvalue weighted by Crippen LogP contribution is -2.48. The number of piperidine rings is 2. The molecular weight excluding hydrogens is 224 g/mol. The highest BCUT2D eigenvalue weighted by atomic mass is 16.2. The third-order valence-electron chi connectivity index (χ3n) is 4.88. The molecule has 0 spiro atoms. The van der Waals surface area contributed by atoms with Crippen LogP contribution in [0.2, 0.25) is 0 Å². The van der Waals surface area contributed by atoms with Crippen molar-refractivity contribution in [1.82, 2.24) is 9.80 Å². The molecule has 2 saturated heterocycles. The first kappa shape index (κ1) is 12.5. The van der Waals surface area contributed by atoms with Gasteiger partial charge in [-0.15, -0.1) is 0 Å². The monoisotopic (exact) mass is 250 g/mol. The zero-order chi connectivity index (χ0) is 12.4. The van der Waals surface area contributed by atoms with E-state index in [4.69, 9.17) is 0 Å². The fourth-order valence-corrected chi connectivity index (χ4v) is 3.46. The maximum atomic E-state index is 12.0. The molecule has 3 nitrogen and oxygen atoms in total. The molecule has 3 heteroatoms. The Kier molecular flexibility index (Phi) is 3.88. The highest BCUT2D eigenvalue weighted by Crippen LogP contribution is 2.33. The molecule has 3 rings (SSSR count). The fraction of sp³-hybridized carbons (Fsp3) is 0.933. The van der Waals surface area contributed by atoms with E-state index in [1.54, 1.807) is 0 Å². The molecule has 102 valence electrons. The second-order valence-electron chi connectivity index (χ2n) is 6.36. The van der Waals surface area contributed by atoms with E-state index in [0.717, 1.165) is 31.5 Å². The number of carbonyl (C=O) groups excluding carboxylic acids is 1. The zero-order valence-corrected chi connectivity index (χ0v) is 11.4. The number of carbonyl (C=O) groups is 1. The standard InChI is InChI=1S/C15H26N2O/c18-15(12-13-4-5-13)17-10-6-14(7-11-17)16-8-2-1-3-9-16/h13-14H,1-12H2. The number of nitrogens with zero attached hydrogens (tertiary/aromatic N) is 2. The Morgan fingerprint density at radius 3 is 2.17 bits per heavy atom. The molecule has 0 N–H and O–H groups in total. The van der Waals surface area contributed by atoms with Gasteiger partial charge in [-0.05, 0) is 57.5 Å². The zero-order valence-electron chi connectivity index (χ0n) is 11.4. The SMILES string of the molecule is O=C(CC1CC1)N1CCC(N2CCCCC2)CC1. The van der Waals surface area contributed by atoms with E-state index < -0.39 is 0 Å². The van der Waals surface area contributed by atoms with Crippen molar-refractivity contribution in [3.63, 3.8) is 0 Å². The summed E-state index contributed by atoms with van der Waals surface area (Å²) < 4.78 is 0. The van der Waals surface area contributed by atoms with Crippen molar-refractivity contribution in [2.75, 3.05) is 26.2 Å². The molecule has 0 aromatic carbocycles. The molecule has 3 aliphatic rings. The van der Waals surface area contributed by atoms with Crippen molar-refractivity contribution in [2.45, 2.75) is 57.4 Å². The number of hydrogen-bond donors (Lipinski definition) is 0. The minimum absolute atomic E-state index is 0.426. The van der Waals surface area contributed by atoms with Crippen molar-refractivity contribution in [2.24, 2.45) is 5.92 Å². The molecule has 0 atom stereocenters. The topological polar surface area (TPSA) is 23.6 Å². The molecule has 18 heavy (non-hydrogen) atoms. The van der Waals surface area contributed by atoms with Crippen LogP contribution in [0, 0.1) is 5.92 Å². The molecule has 0 radical (unpaired) electrons. The Morgan fingerprint density at radius 1 is 0.889 bits per heavy atom. The predicted molar refractivity (Wildman–Crippen MR) is 72.4 cm³/mol. The second kappa shape index (κ2) is 5.60. The Labute approximate surface area is 111 Å². The third-order valence-corrected chi connectivity index (χ3v) is 4.88. The summed E-state index contributed by atoms with van der Waals surface area (Å²) in [4.78, 5) is 16.8. The van der Waals surface area contributed by atoms with Gasteiger partial charge >= 0.3 is 0 Å². The van der Waals surface area contributed by atoms with Gasteiger partial charge in [0.1, 0.15) is 0 Å².